The molecule has 1 aromatic heterocycles. The molecule has 2 aromatic rings. The molecule has 1 unspecified atom stereocenters. The number of hydrogen-bond donors (Lipinski definition) is 2. The Bertz CT molecular complexity index is 682. The highest BCUT2D eigenvalue weighted by molar-refractivity contribution is 7.09. The third-order valence-electron chi connectivity index (χ3n) is 4.36. The number of nitrogens with one attached hydrogen (secondary N) is 1. The first-order valence-electron chi connectivity index (χ1n) is 7.89. The molecule has 0 saturated heterocycles. The predicted octanol–water partition coefficient (Wildman–Crippen LogP) is 3.40. The lowest BCUT2D eigenvalue weighted by Crippen LogP contribution is -2.33. The van der Waals surface area contributed by atoms with Crippen molar-refractivity contribution < 1.29 is 9.18 Å². The Morgan fingerprint density at radius 3 is 2.78 bits per heavy atom. The monoisotopic (exact) mass is 333 g/mol. The van der Waals surface area contributed by atoms with Crippen molar-refractivity contribution in [2.45, 2.75) is 38.3 Å². The highest BCUT2D eigenvalue weighted by Gasteiger charge is 2.30. The van der Waals surface area contributed by atoms with Gasteiger partial charge < -0.3 is 11.1 Å². The van der Waals surface area contributed by atoms with Crippen molar-refractivity contribution in [1.82, 2.24) is 10.3 Å². The van der Waals surface area contributed by atoms with Crippen molar-refractivity contribution in [3.05, 3.63) is 51.7 Å². The van der Waals surface area contributed by atoms with Gasteiger partial charge in [0.1, 0.15) is 16.5 Å². The van der Waals surface area contributed by atoms with Gasteiger partial charge in [0.15, 0.2) is 0 Å². The van der Waals surface area contributed by atoms with Gasteiger partial charge in [-0.05, 0) is 24.8 Å². The molecule has 0 aliphatic heterocycles. The van der Waals surface area contributed by atoms with Crippen LogP contribution >= 0.6 is 11.3 Å². The van der Waals surface area contributed by atoms with Crippen molar-refractivity contribution in [1.29, 1.82) is 0 Å². The maximum absolute atomic E-state index is 14.2. The van der Waals surface area contributed by atoms with E-state index in [1.807, 2.05) is 6.07 Å². The van der Waals surface area contributed by atoms with Crippen LogP contribution in [0.1, 0.15) is 52.8 Å². The largest absolute Gasteiger partial charge is 0.343 e. The first kappa shape index (κ1) is 16.1. The Kier molecular flexibility index (Phi) is 5.03. The minimum atomic E-state index is -0.311. The van der Waals surface area contributed by atoms with Gasteiger partial charge in [-0.25, -0.2) is 9.37 Å². The lowest BCUT2D eigenvalue weighted by atomic mass is 9.91. The summed E-state index contributed by atoms with van der Waals surface area (Å²) >= 11 is 1.37. The molecular formula is C17H20FN3OS. The number of benzene rings is 1. The summed E-state index contributed by atoms with van der Waals surface area (Å²) in [7, 11) is 0. The molecule has 1 aliphatic rings. The van der Waals surface area contributed by atoms with E-state index in [0.717, 1.165) is 30.7 Å². The second-order valence-corrected chi connectivity index (χ2v) is 6.79. The molecule has 23 heavy (non-hydrogen) atoms. The normalized spacial score (nSPS) is 16.4. The molecule has 0 bridgehead atoms. The molecule has 6 heteroatoms. The molecule has 1 aliphatic carbocycles. The van der Waals surface area contributed by atoms with Crippen LogP contribution in [0.15, 0.2) is 29.6 Å². The van der Waals surface area contributed by atoms with E-state index in [0.29, 0.717) is 17.8 Å². The van der Waals surface area contributed by atoms with Crippen molar-refractivity contribution in [3.8, 4) is 0 Å². The number of halogens is 1. The number of rotatable bonds is 5. The number of hydrogen-bond acceptors (Lipinski definition) is 4. The summed E-state index contributed by atoms with van der Waals surface area (Å²) in [5.74, 6) is -0.268. The van der Waals surface area contributed by atoms with E-state index in [1.54, 1.807) is 17.5 Å². The van der Waals surface area contributed by atoms with Crippen LogP contribution in [-0.2, 0) is 6.54 Å². The predicted molar refractivity (Wildman–Crippen MR) is 88.6 cm³/mol. The molecule has 1 atom stereocenters. The Labute approximate surface area is 138 Å². The molecule has 1 amide bonds. The van der Waals surface area contributed by atoms with Crippen LogP contribution in [0, 0.1) is 11.7 Å². The Balaban J connectivity index is 1.83. The zero-order chi connectivity index (χ0) is 16.2. The van der Waals surface area contributed by atoms with Gasteiger partial charge in [-0.15, -0.1) is 11.3 Å². The van der Waals surface area contributed by atoms with Crippen LogP contribution in [0.5, 0.6) is 0 Å². The van der Waals surface area contributed by atoms with Gasteiger partial charge in [0.05, 0.1) is 6.04 Å². The van der Waals surface area contributed by atoms with Crippen molar-refractivity contribution in [3.63, 3.8) is 0 Å². The summed E-state index contributed by atoms with van der Waals surface area (Å²) in [5, 5.41) is 5.41. The summed E-state index contributed by atoms with van der Waals surface area (Å²) in [6.07, 6.45) is 4.26. The van der Waals surface area contributed by atoms with E-state index in [1.165, 1.54) is 17.4 Å². The van der Waals surface area contributed by atoms with Gasteiger partial charge in [-0.2, -0.15) is 0 Å². The van der Waals surface area contributed by atoms with Gasteiger partial charge in [0.25, 0.3) is 5.91 Å². The second kappa shape index (κ2) is 7.19. The summed E-state index contributed by atoms with van der Waals surface area (Å²) in [6, 6.07) is 6.36. The number of nitrogens with two attached hydrogens (primary N) is 1. The third kappa shape index (κ3) is 3.59. The summed E-state index contributed by atoms with van der Waals surface area (Å²) in [6.45, 7) is 0.317. The maximum Gasteiger partial charge on any atom is 0.271 e. The topological polar surface area (TPSA) is 68.0 Å². The zero-order valence-electron chi connectivity index (χ0n) is 12.8. The van der Waals surface area contributed by atoms with Crippen molar-refractivity contribution in [2.24, 2.45) is 11.7 Å². The molecule has 1 fully saturated rings. The van der Waals surface area contributed by atoms with E-state index in [2.05, 4.69) is 10.3 Å². The first-order valence-corrected chi connectivity index (χ1v) is 8.76. The van der Waals surface area contributed by atoms with Crippen LogP contribution in [0.25, 0.3) is 0 Å². The minimum Gasteiger partial charge on any atom is -0.343 e. The number of aromatic nitrogens is 1. The highest BCUT2D eigenvalue weighted by Crippen LogP contribution is 2.36. The summed E-state index contributed by atoms with van der Waals surface area (Å²) in [4.78, 5) is 16.7. The fourth-order valence-electron chi connectivity index (χ4n) is 3.19. The number of nitrogens with zero attached hydrogens (tertiary/aromatic N) is 1. The lowest BCUT2D eigenvalue weighted by Gasteiger charge is -2.25. The van der Waals surface area contributed by atoms with Crippen molar-refractivity contribution >= 4 is 17.2 Å². The van der Waals surface area contributed by atoms with E-state index in [9.17, 15) is 9.18 Å². The Morgan fingerprint density at radius 1 is 1.39 bits per heavy atom. The molecule has 1 saturated carbocycles. The summed E-state index contributed by atoms with van der Waals surface area (Å²) in [5.41, 5.74) is 6.46. The molecule has 4 nitrogen and oxygen atoms in total. The SMILES string of the molecule is NCc1nc(C(=O)NC(c2ccccc2F)C2CCCC2)cs1. The molecule has 3 N–H and O–H groups in total. The average Bonchev–Trinajstić information content (AvgIpc) is 3.24. The maximum atomic E-state index is 14.2. The van der Waals surface area contributed by atoms with Crippen LogP contribution in [-0.4, -0.2) is 10.9 Å². The highest BCUT2D eigenvalue weighted by atomic mass is 32.1. The zero-order valence-corrected chi connectivity index (χ0v) is 13.6. The molecule has 0 radical (unpaired) electrons. The third-order valence-corrected chi connectivity index (χ3v) is 5.23. The average molecular weight is 333 g/mol. The van der Waals surface area contributed by atoms with Crippen molar-refractivity contribution in [2.75, 3.05) is 0 Å². The van der Waals surface area contributed by atoms with Crippen LogP contribution in [0.2, 0.25) is 0 Å². The minimum absolute atomic E-state index is 0.263. The quantitative estimate of drug-likeness (QED) is 0.881. The molecule has 0 spiro atoms. The first-order chi connectivity index (χ1) is 11.2. The van der Waals surface area contributed by atoms with E-state index >= 15 is 0 Å². The Hall–Kier alpha value is -1.79. The van der Waals surface area contributed by atoms with Crippen LogP contribution in [0.4, 0.5) is 4.39 Å². The fraction of sp³-hybridized carbons (Fsp3) is 0.412. The van der Waals surface area contributed by atoms with E-state index in [-0.39, 0.29) is 23.7 Å². The van der Waals surface area contributed by atoms with Gasteiger partial charge in [-0.3, -0.25) is 4.79 Å². The van der Waals surface area contributed by atoms with Gasteiger partial charge >= 0.3 is 0 Å². The summed E-state index contributed by atoms with van der Waals surface area (Å²) < 4.78 is 14.2. The van der Waals surface area contributed by atoms with E-state index < -0.39 is 0 Å². The molecule has 122 valence electrons. The van der Waals surface area contributed by atoms with Gasteiger partial charge in [-0.1, -0.05) is 31.0 Å². The molecule has 1 heterocycles. The Morgan fingerprint density at radius 2 is 2.13 bits per heavy atom. The molecule has 1 aromatic carbocycles. The van der Waals surface area contributed by atoms with Crippen LogP contribution < -0.4 is 11.1 Å². The molecule has 3 rings (SSSR count). The number of amides is 1. The smallest absolute Gasteiger partial charge is 0.271 e. The number of carbonyl (C=O) groups is 1. The van der Waals surface area contributed by atoms with Crippen LogP contribution in [0.3, 0.4) is 0 Å². The van der Waals surface area contributed by atoms with Gasteiger partial charge in [0, 0.05) is 17.5 Å². The van der Waals surface area contributed by atoms with E-state index in [4.69, 9.17) is 5.73 Å². The fourth-order valence-corrected chi connectivity index (χ4v) is 3.85. The number of carbonyl (C=O) groups excluding carboxylic acids is 1. The van der Waals surface area contributed by atoms with Gasteiger partial charge in [0.2, 0.25) is 0 Å². The molecular weight excluding hydrogens is 313 g/mol. The standard InChI is InChI=1S/C17H20FN3OS/c18-13-8-4-3-7-12(13)16(11-5-1-2-6-11)21-17(22)14-10-23-15(9-19)20-14/h3-4,7-8,10-11,16H,1-2,5-6,9,19H2,(H,21,22). The number of thiazole rings is 1. The second-order valence-electron chi connectivity index (χ2n) is 5.85. The lowest BCUT2D eigenvalue weighted by molar-refractivity contribution is 0.0916.